The van der Waals surface area contributed by atoms with Gasteiger partial charge in [0.25, 0.3) is 0 Å². The summed E-state index contributed by atoms with van der Waals surface area (Å²) in [5.41, 5.74) is 7.18. The van der Waals surface area contributed by atoms with Crippen LogP contribution in [-0.2, 0) is 0 Å². The van der Waals surface area contributed by atoms with Gasteiger partial charge in [0.2, 0.25) is 0 Å². The Kier molecular flexibility index (Phi) is 4.10. The summed E-state index contributed by atoms with van der Waals surface area (Å²) < 4.78 is 25.5. The molecule has 7 nitrogen and oxygen atoms in total. The van der Waals surface area contributed by atoms with Crippen molar-refractivity contribution in [2.45, 2.75) is 6.29 Å². The van der Waals surface area contributed by atoms with Crippen LogP contribution in [0.2, 0.25) is 0 Å². The molecule has 4 rings (SSSR count). The number of aromatic hydroxyl groups is 1. The number of benzene rings is 2. The van der Waals surface area contributed by atoms with Crippen molar-refractivity contribution in [2.75, 3.05) is 23.4 Å². The molecule has 0 spiro atoms. The summed E-state index contributed by atoms with van der Waals surface area (Å²) in [4.78, 5) is 5.60. The molecule has 0 aliphatic carbocycles. The second kappa shape index (κ2) is 6.57. The van der Waals surface area contributed by atoms with Gasteiger partial charge in [0.1, 0.15) is 19.0 Å². The molecular weight excluding hydrogens is 339 g/mol. The first-order valence-corrected chi connectivity index (χ1v) is 8.05. The molecule has 1 atom stereocenters. The second-order valence-electron chi connectivity index (χ2n) is 5.78. The maximum atomic E-state index is 14.5. The van der Waals surface area contributed by atoms with Crippen molar-refractivity contribution < 1.29 is 19.0 Å². The lowest BCUT2D eigenvalue weighted by molar-refractivity contribution is 0.171. The molecule has 0 aromatic heterocycles. The molecule has 0 amide bonds. The highest BCUT2D eigenvalue weighted by atomic mass is 19.1. The third-order valence-corrected chi connectivity index (χ3v) is 3.96. The van der Waals surface area contributed by atoms with Crippen molar-refractivity contribution >= 4 is 17.2 Å². The van der Waals surface area contributed by atoms with Gasteiger partial charge in [-0.2, -0.15) is 0 Å². The van der Waals surface area contributed by atoms with E-state index in [-0.39, 0.29) is 11.6 Å². The summed E-state index contributed by atoms with van der Waals surface area (Å²) in [5, 5.41) is 12.5. The number of aliphatic imine (C=N–C) groups is 1. The lowest BCUT2D eigenvalue weighted by Gasteiger charge is -2.29. The molecule has 2 aliphatic rings. The Hall–Kier alpha value is -3.26. The standard InChI is InChI=1S/C18H17FN4O3/c19-14-10-23(12-2-1-3-13(24)9-12)18(20)22-17(14)21-11-4-5-15-16(8-11)26-7-6-25-15/h1-5,8-10,18,24H,6-7,20H2,(H,21,22). The Morgan fingerprint density at radius 2 is 1.96 bits per heavy atom. The summed E-state index contributed by atoms with van der Waals surface area (Å²) in [6.07, 6.45) is 0.406. The molecule has 134 valence electrons. The molecule has 0 fully saturated rings. The van der Waals surface area contributed by atoms with Crippen LogP contribution >= 0.6 is 0 Å². The van der Waals surface area contributed by atoms with Crippen molar-refractivity contribution in [1.82, 2.24) is 0 Å². The average molecular weight is 356 g/mol. The molecule has 2 aromatic carbocycles. The number of amidine groups is 1. The molecule has 0 saturated carbocycles. The highest BCUT2D eigenvalue weighted by molar-refractivity contribution is 6.07. The van der Waals surface area contributed by atoms with Crippen molar-refractivity contribution in [3.05, 3.63) is 54.5 Å². The number of fused-ring (bicyclic) bond motifs is 1. The maximum absolute atomic E-state index is 14.5. The van der Waals surface area contributed by atoms with Crippen molar-refractivity contribution in [3.63, 3.8) is 0 Å². The highest BCUT2D eigenvalue weighted by Gasteiger charge is 2.23. The zero-order valence-corrected chi connectivity index (χ0v) is 13.7. The Bertz CT molecular complexity index is 900. The maximum Gasteiger partial charge on any atom is 0.181 e. The Morgan fingerprint density at radius 3 is 2.77 bits per heavy atom. The number of anilines is 2. The summed E-state index contributed by atoms with van der Waals surface area (Å²) in [7, 11) is 0. The smallest absolute Gasteiger partial charge is 0.181 e. The summed E-state index contributed by atoms with van der Waals surface area (Å²) >= 11 is 0. The zero-order valence-electron chi connectivity index (χ0n) is 13.7. The topological polar surface area (TPSA) is 92.3 Å². The zero-order chi connectivity index (χ0) is 18.1. The molecule has 0 bridgehead atoms. The predicted octanol–water partition coefficient (Wildman–Crippen LogP) is 2.55. The predicted molar refractivity (Wildman–Crippen MR) is 96.2 cm³/mol. The van der Waals surface area contributed by atoms with Gasteiger partial charge in [0.05, 0.1) is 0 Å². The number of ether oxygens (including phenoxy) is 2. The third-order valence-electron chi connectivity index (χ3n) is 3.96. The normalized spacial score (nSPS) is 18.8. The molecule has 4 N–H and O–H groups in total. The van der Waals surface area contributed by atoms with E-state index in [1.807, 2.05) is 0 Å². The van der Waals surface area contributed by atoms with Crippen molar-refractivity contribution in [2.24, 2.45) is 10.7 Å². The van der Waals surface area contributed by atoms with Gasteiger partial charge in [-0.15, -0.1) is 0 Å². The number of rotatable bonds is 2. The minimum atomic E-state index is -0.837. The van der Waals surface area contributed by atoms with E-state index < -0.39 is 12.1 Å². The van der Waals surface area contributed by atoms with Gasteiger partial charge in [-0.1, -0.05) is 6.07 Å². The van der Waals surface area contributed by atoms with E-state index in [1.165, 1.54) is 23.2 Å². The van der Waals surface area contributed by atoms with Gasteiger partial charge < -0.3 is 24.8 Å². The van der Waals surface area contributed by atoms with Crippen molar-refractivity contribution in [1.29, 1.82) is 0 Å². The first-order valence-electron chi connectivity index (χ1n) is 8.05. The Labute approximate surface area is 149 Å². The number of halogens is 1. The van der Waals surface area contributed by atoms with Gasteiger partial charge in [0.15, 0.2) is 29.5 Å². The van der Waals surface area contributed by atoms with Crippen LogP contribution in [0.15, 0.2) is 59.5 Å². The van der Waals surface area contributed by atoms with E-state index in [4.69, 9.17) is 15.2 Å². The molecule has 0 radical (unpaired) electrons. The lowest BCUT2D eigenvalue weighted by Crippen LogP contribution is -2.42. The minimum absolute atomic E-state index is 0.0191. The van der Waals surface area contributed by atoms with E-state index in [1.54, 1.807) is 30.3 Å². The van der Waals surface area contributed by atoms with Crippen LogP contribution in [0.1, 0.15) is 0 Å². The first kappa shape index (κ1) is 16.2. The van der Waals surface area contributed by atoms with Crippen LogP contribution < -0.4 is 25.4 Å². The van der Waals surface area contributed by atoms with Crippen LogP contribution in [0, 0.1) is 0 Å². The summed E-state index contributed by atoms with van der Waals surface area (Å²) in [6, 6.07) is 11.6. The Morgan fingerprint density at radius 1 is 1.15 bits per heavy atom. The van der Waals surface area contributed by atoms with E-state index in [9.17, 15) is 9.50 Å². The van der Waals surface area contributed by atoms with Crippen LogP contribution in [0.3, 0.4) is 0 Å². The van der Waals surface area contributed by atoms with E-state index in [0.29, 0.717) is 36.1 Å². The van der Waals surface area contributed by atoms with E-state index in [2.05, 4.69) is 10.3 Å². The molecule has 2 aromatic rings. The molecular formula is C18H17FN4O3. The number of hydrogen-bond acceptors (Lipinski definition) is 7. The molecule has 2 aliphatic heterocycles. The van der Waals surface area contributed by atoms with Gasteiger partial charge in [-0.25, -0.2) is 9.38 Å². The van der Waals surface area contributed by atoms with Gasteiger partial charge >= 0.3 is 0 Å². The highest BCUT2D eigenvalue weighted by Crippen LogP contribution is 2.33. The number of nitrogens with zero attached hydrogens (tertiary/aromatic N) is 2. The van der Waals surface area contributed by atoms with Crippen LogP contribution in [0.25, 0.3) is 0 Å². The lowest BCUT2D eigenvalue weighted by atomic mass is 10.2. The van der Waals surface area contributed by atoms with Crippen molar-refractivity contribution in [3.8, 4) is 17.2 Å². The minimum Gasteiger partial charge on any atom is -0.508 e. The molecule has 1 unspecified atom stereocenters. The fourth-order valence-electron chi connectivity index (χ4n) is 2.75. The van der Waals surface area contributed by atoms with Crippen LogP contribution in [0.4, 0.5) is 15.8 Å². The third kappa shape index (κ3) is 3.14. The second-order valence-corrected chi connectivity index (χ2v) is 5.78. The van der Waals surface area contributed by atoms with Gasteiger partial charge in [-0.3, -0.25) is 5.73 Å². The fourth-order valence-corrected chi connectivity index (χ4v) is 2.75. The summed E-state index contributed by atoms with van der Waals surface area (Å²) in [6.45, 7) is 0.971. The number of nitrogens with one attached hydrogen (secondary N) is 1. The molecule has 0 saturated heterocycles. The van der Waals surface area contributed by atoms with Gasteiger partial charge in [0, 0.05) is 29.7 Å². The van der Waals surface area contributed by atoms with Crippen LogP contribution in [0.5, 0.6) is 17.2 Å². The number of hydrogen-bond donors (Lipinski definition) is 3. The number of phenols is 1. The molecule has 26 heavy (non-hydrogen) atoms. The quantitative estimate of drug-likeness (QED) is 0.766. The first-order chi connectivity index (χ1) is 12.6. The fraction of sp³-hybridized carbons (Fsp3) is 0.167. The monoisotopic (exact) mass is 356 g/mol. The molecule has 8 heteroatoms. The Balaban J connectivity index is 1.55. The van der Waals surface area contributed by atoms with E-state index in [0.717, 1.165) is 0 Å². The SMILES string of the molecule is NC1N=C(Nc2ccc3c(c2)OCCO3)C(F)=CN1c1cccc(O)c1. The van der Waals surface area contributed by atoms with Crippen LogP contribution in [-0.4, -0.2) is 30.4 Å². The summed E-state index contributed by atoms with van der Waals surface area (Å²) in [5.74, 6) is 0.742. The number of nitrogens with two attached hydrogens (primary N) is 1. The van der Waals surface area contributed by atoms with E-state index >= 15 is 0 Å². The van der Waals surface area contributed by atoms with Gasteiger partial charge in [-0.05, 0) is 24.3 Å². The molecule has 2 heterocycles. The average Bonchev–Trinajstić information content (AvgIpc) is 2.64. The number of phenolic OH excluding ortho intramolecular Hbond substituents is 1. The largest absolute Gasteiger partial charge is 0.508 e.